The maximum atomic E-state index is 12.2. The molecule has 0 spiro atoms. The summed E-state index contributed by atoms with van der Waals surface area (Å²) in [5, 5.41) is 2.87. The van der Waals surface area contributed by atoms with Crippen LogP contribution in [0.5, 0.6) is 0 Å². The number of para-hydroxylation sites is 1. The number of ether oxygens (including phenoxy) is 1. The number of aromatic amines is 1. The first-order valence-corrected chi connectivity index (χ1v) is 8.05. The lowest BCUT2D eigenvalue weighted by Crippen LogP contribution is -2.06. The maximum Gasteiger partial charge on any atom is 0.306 e. The zero-order valence-electron chi connectivity index (χ0n) is 13.8. The number of nitrogens with one attached hydrogen (secondary N) is 2. The number of fused-ring (bicyclic) bond motifs is 1. The molecule has 0 saturated heterocycles. The number of hydrogen-bond donors (Lipinski definition) is 2. The van der Waals surface area contributed by atoms with Gasteiger partial charge < -0.3 is 15.0 Å². The number of rotatable bonds is 5. The number of carbonyl (C=O) groups excluding carboxylic acids is 2. The number of aromatic nitrogens is 1. The fraction of sp³-hybridized carbons (Fsp3) is 0.263. The van der Waals surface area contributed by atoms with Gasteiger partial charge in [0.2, 0.25) is 0 Å². The molecule has 1 aromatic heterocycles. The molecule has 0 radical (unpaired) electrons. The largest absolute Gasteiger partial charge is 0.466 e. The Morgan fingerprint density at radius 2 is 2.08 bits per heavy atom. The second-order valence-electron chi connectivity index (χ2n) is 5.73. The summed E-state index contributed by atoms with van der Waals surface area (Å²) in [6.45, 7) is 4.17. The molecule has 1 aliphatic rings. The molecular weight excluding hydrogens is 304 g/mol. The van der Waals surface area contributed by atoms with Gasteiger partial charge in [0.25, 0.3) is 5.91 Å². The van der Waals surface area contributed by atoms with Crippen LogP contribution in [-0.2, 0) is 20.7 Å². The van der Waals surface area contributed by atoms with Crippen molar-refractivity contribution in [3.8, 4) is 0 Å². The topological polar surface area (TPSA) is 71.2 Å². The lowest BCUT2D eigenvalue weighted by atomic mass is 10.0. The Bertz CT molecular complexity index is 818. The highest BCUT2D eigenvalue weighted by molar-refractivity contribution is 6.34. The van der Waals surface area contributed by atoms with Gasteiger partial charge in [0.15, 0.2) is 0 Å². The minimum absolute atomic E-state index is 0.111. The summed E-state index contributed by atoms with van der Waals surface area (Å²) in [6, 6.07) is 7.61. The van der Waals surface area contributed by atoms with Gasteiger partial charge in [-0.25, -0.2) is 0 Å². The van der Waals surface area contributed by atoms with Gasteiger partial charge in [-0.1, -0.05) is 18.2 Å². The van der Waals surface area contributed by atoms with E-state index in [2.05, 4.69) is 10.3 Å². The molecule has 2 N–H and O–H groups in total. The van der Waals surface area contributed by atoms with E-state index < -0.39 is 0 Å². The van der Waals surface area contributed by atoms with Crippen LogP contribution >= 0.6 is 0 Å². The van der Waals surface area contributed by atoms with Crippen molar-refractivity contribution in [1.29, 1.82) is 0 Å². The second-order valence-corrected chi connectivity index (χ2v) is 5.73. The Morgan fingerprint density at radius 3 is 2.88 bits per heavy atom. The molecule has 3 rings (SSSR count). The van der Waals surface area contributed by atoms with Crippen LogP contribution in [0.3, 0.4) is 0 Å². The monoisotopic (exact) mass is 324 g/mol. The van der Waals surface area contributed by atoms with E-state index in [0.717, 1.165) is 28.1 Å². The highest BCUT2D eigenvalue weighted by Crippen LogP contribution is 2.33. The number of esters is 1. The van der Waals surface area contributed by atoms with Crippen molar-refractivity contribution in [3.05, 3.63) is 52.8 Å². The third-order valence-corrected chi connectivity index (χ3v) is 4.13. The van der Waals surface area contributed by atoms with Crippen molar-refractivity contribution >= 4 is 29.2 Å². The summed E-state index contributed by atoms with van der Waals surface area (Å²) in [7, 11) is 0. The average Bonchev–Trinajstić information content (AvgIpc) is 3.07. The molecular formula is C19H20N2O3. The quantitative estimate of drug-likeness (QED) is 0.655. The molecule has 0 fully saturated rings. The van der Waals surface area contributed by atoms with Crippen molar-refractivity contribution in [1.82, 2.24) is 4.98 Å². The van der Waals surface area contributed by atoms with Crippen LogP contribution in [0.2, 0.25) is 0 Å². The van der Waals surface area contributed by atoms with Gasteiger partial charge >= 0.3 is 5.97 Å². The molecule has 0 unspecified atom stereocenters. The van der Waals surface area contributed by atoms with E-state index in [1.165, 1.54) is 0 Å². The van der Waals surface area contributed by atoms with Crippen molar-refractivity contribution in [2.75, 3.05) is 11.9 Å². The summed E-state index contributed by atoms with van der Waals surface area (Å²) in [4.78, 5) is 27.0. The van der Waals surface area contributed by atoms with Crippen molar-refractivity contribution in [2.45, 2.75) is 26.7 Å². The third kappa shape index (κ3) is 3.11. The van der Waals surface area contributed by atoms with Crippen LogP contribution in [0.4, 0.5) is 5.69 Å². The molecule has 2 aromatic rings. The van der Waals surface area contributed by atoms with E-state index >= 15 is 0 Å². The fourth-order valence-corrected chi connectivity index (χ4v) is 2.92. The van der Waals surface area contributed by atoms with Gasteiger partial charge in [-0.2, -0.15) is 0 Å². The minimum atomic E-state index is -0.208. The number of anilines is 1. The first-order chi connectivity index (χ1) is 11.6. The Labute approximate surface area is 140 Å². The van der Waals surface area contributed by atoms with Crippen LogP contribution in [0.15, 0.2) is 30.5 Å². The fourth-order valence-electron chi connectivity index (χ4n) is 2.92. The zero-order chi connectivity index (χ0) is 17.1. The molecule has 5 nitrogen and oxygen atoms in total. The zero-order valence-corrected chi connectivity index (χ0v) is 13.8. The number of hydrogen-bond acceptors (Lipinski definition) is 3. The van der Waals surface area contributed by atoms with E-state index in [1.807, 2.05) is 43.5 Å². The van der Waals surface area contributed by atoms with E-state index in [-0.39, 0.29) is 11.9 Å². The molecule has 124 valence electrons. The highest BCUT2D eigenvalue weighted by atomic mass is 16.5. The first-order valence-electron chi connectivity index (χ1n) is 8.05. The standard InChI is InChI=1S/C19H20N2O3/c1-3-24-18(22)9-8-13-12(2)11-20-17(13)10-15-14-6-4-5-7-16(14)21-19(15)23/h4-7,10-11,20H,3,8-9H2,1-2H3,(H,21,23)/b15-10-. The number of amides is 1. The molecule has 24 heavy (non-hydrogen) atoms. The number of aryl methyl sites for hydroxylation is 1. The molecule has 2 heterocycles. The lowest BCUT2D eigenvalue weighted by molar-refractivity contribution is -0.143. The van der Waals surface area contributed by atoms with Gasteiger partial charge in [-0.05, 0) is 43.5 Å². The van der Waals surface area contributed by atoms with E-state index in [9.17, 15) is 9.59 Å². The third-order valence-electron chi connectivity index (χ3n) is 4.13. The van der Waals surface area contributed by atoms with Gasteiger partial charge in [-0.3, -0.25) is 9.59 Å². The van der Waals surface area contributed by atoms with Gasteiger partial charge in [0.05, 0.1) is 12.2 Å². The van der Waals surface area contributed by atoms with Crippen LogP contribution in [0.25, 0.3) is 11.6 Å². The number of H-pyrrole nitrogens is 1. The molecule has 0 atom stereocenters. The average molecular weight is 324 g/mol. The molecule has 1 aromatic carbocycles. The first kappa shape index (κ1) is 16.1. The van der Waals surface area contributed by atoms with Gasteiger partial charge in [0, 0.05) is 29.6 Å². The Hall–Kier alpha value is -2.82. The normalized spacial score (nSPS) is 14.6. The smallest absolute Gasteiger partial charge is 0.306 e. The maximum absolute atomic E-state index is 12.2. The molecule has 0 aliphatic carbocycles. The number of benzene rings is 1. The minimum Gasteiger partial charge on any atom is -0.466 e. The van der Waals surface area contributed by atoms with Crippen molar-refractivity contribution < 1.29 is 14.3 Å². The highest BCUT2D eigenvalue weighted by Gasteiger charge is 2.24. The van der Waals surface area contributed by atoms with E-state index in [0.29, 0.717) is 25.0 Å². The summed E-state index contributed by atoms with van der Waals surface area (Å²) >= 11 is 0. The summed E-state index contributed by atoms with van der Waals surface area (Å²) in [6.07, 6.45) is 4.66. The Balaban J connectivity index is 1.88. The van der Waals surface area contributed by atoms with Crippen LogP contribution in [0.1, 0.15) is 35.7 Å². The van der Waals surface area contributed by atoms with Crippen LogP contribution in [0, 0.1) is 6.92 Å². The second kappa shape index (κ2) is 6.74. The Kier molecular flexibility index (Phi) is 4.51. The number of carbonyl (C=O) groups is 2. The summed E-state index contributed by atoms with van der Waals surface area (Å²) in [5.41, 5.74) is 5.31. The van der Waals surface area contributed by atoms with Gasteiger partial charge in [0.1, 0.15) is 0 Å². The van der Waals surface area contributed by atoms with Crippen LogP contribution in [-0.4, -0.2) is 23.5 Å². The molecule has 1 aliphatic heterocycles. The van der Waals surface area contributed by atoms with Gasteiger partial charge in [-0.15, -0.1) is 0 Å². The molecule has 0 bridgehead atoms. The molecule has 1 amide bonds. The predicted octanol–water partition coefficient (Wildman–Crippen LogP) is 3.31. The molecule has 5 heteroatoms. The predicted molar refractivity (Wildman–Crippen MR) is 93.4 cm³/mol. The SMILES string of the molecule is CCOC(=O)CCc1c(C)c[nH]c1/C=C1\C(=O)Nc2ccccc21. The van der Waals surface area contributed by atoms with Crippen LogP contribution < -0.4 is 5.32 Å². The van der Waals surface area contributed by atoms with Crippen molar-refractivity contribution in [2.24, 2.45) is 0 Å². The van der Waals surface area contributed by atoms with Crippen molar-refractivity contribution in [3.63, 3.8) is 0 Å². The summed E-state index contributed by atoms with van der Waals surface area (Å²) < 4.78 is 4.99. The van der Waals surface area contributed by atoms with E-state index in [1.54, 1.807) is 6.92 Å². The Morgan fingerprint density at radius 1 is 1.29 bits per heavy atom. The summed E-state index contributed by atoms with van der Waals surface area (Å²) in [5.74, 6) is -0.319. The molecule has 0 saturated carbocycles. The van der Waals surface area contributed by atoms with E-state index in [4.69, 9.17) is 4.74 Å². The lowest BCUT2D eigenvalue weighted by Gasteiger charge is -2.04.